The van der Waals surface area contributed by atoms with E-state index in [-0.39, 0.29) is 24.8 Å². The molecule has 1 rings (SSSR count). The molecule has 0 unspecified atom stereocenters. The highest BCUT2D eigenvalue weighted by atomic mass is 16.4. The van der Waals surface area contributed by atoms with E-state index in [0.717, 1.165) is 0 Å². The molecule has 0 bridgehead atoms. The van der Waals surface area contributed by atoms with Gasteiger partial charge in [-0.3, -0.25) is 24.0 Å². The Morgan fingerprint density at radius 3 is 2.11 bits per heavy atom. The summed E-state index contributed by atoms with van der Waals surface area (Å²) < 4.78 is 0. The molecule has 1 aliphatic heterocycles. The summed E-state index contributed by atoms with van der Waals surface area (Å²) in [5, 5.41) is 25.3. The Bertz CT molecular complexity index is 866. The number of nitrogens with zero attached hydrogens (tertiary/aromatic N) is 1. The first-order chi connectivity index (χ1) is 17.2. The molecule has 5 amide bonds. The van der Waals surface area contributed by atoms with Crippen molar-refractivity contribution in [1.29, 1.82) is 0 Å². The van der Waals surface area contributed by atoms with E-state index in [4.69, 9.17) is 21.7 Å². The molecule has 1 heterocycles. The highest BCUT2D eigenvalue weighted by Crippen LogP contribution is 2.21. The smallest absolute Gasteiger partial charge is 0.328 e. The highest BCUT2D eigenvalue weighted by Gasteiger charge is 2.40. The normalized spacial score (nSPS) is 19.3. The Balaban J connectivity index is 3.04. The van der Waals surface area contributed by atoms with Crippen LogP contribution in [0.1, 0.15) is 53.4 Å². The quantitative estimate of drug-likeness (QED) is 0.125. The predicted molar refractivity (Wildman–Crippen MR) is 131 cm³/mol. The number of carbonyl (C=O) groups excluding carboxylic acids is 5. The topological polar surface area (TPSA) is 234 Å². The number of nitrogens with two attached hydrogens (primary N) is 2. The summed E-state index contributed by atoms with van der Waals surface area (Å²) in [6, 6.07) is -5.92. The van der Waals surface area contributed by atoms with Crippen LogP contribution in [0.15, 0.2) is 0 Å². The molecule has 0 aliphatic carbocycles. The van der Waals surface area contributed by atoms with Crippen molar-refractivity contribution < 1.29 is 39.0 Å². The van der Waals surface area contributed by atoms with Gasteiger partial charge in [-0.05, 0) is 24.7 Å². The van der Waals surface area contributed by atoms with E-state index in [1.54, 1.807) is 13.8 Å². The van der Waals surface area contributed by atoms with E-state index in [9.17, 15) is 28.8 Å². The monoisotopic (exact) mass is 528 g/mol. The Morgan fingerprint density at radius 2 is 1.62 bits per heavy atom. The number of likely N-dealkylation sites (tertiary alicyclic amines) is 1. The third-order valence-electron chi connectivity index (χ3n) is 6.46. The lowest BCUT2D eigenvalue weighted by Crippen LogP contribution is -2.59. The lowest BCUT2D eigenvalue weighted by atomic mass is 9.97. The number of carboxylic acid groups (broad SMARTS) is 1. The Labute approximate surface area is 215 Å². The van der Waals surface area contributed by atoms with Gasteiger partial charge >= 0.3 is 5.97 Å². The van der Waals surface area contributed by atoms with Crippen molar-refractivity contribution in [2.75, 3.05) is 13.2 Å². The third kappa shape index (κ3) is 8.97. The van der Waals surface area contributed by atoms with E-state index in [2.05, 4.69) is 10.6 Å². The summed E-state index contributed by atoms with van der Waals surface area (Å²) in [6.45, 7) is 6.53. The van der Waals surface area contributed by atoms with Crippen LogP contribution >= 0.6 is 0 Å². The van der Waals surface area contributed by atoms with Crippen molar-refractivity contribution in [2.45, 2.75) is 83.6 Å². The zero-order chi connectivity index (χ0) is 28.4. The molecule has 0 saturated carbocycles. The van der Waals surface area contributed by atoms with Gasteiger partial charge in [-0.15, -0.1) is 0 Å². The largest absolute Gasteiger partial charge is 0.480 e. The number of carboxylic acids is 1. The van der Waals surface area contributed by atoms with Gasteiger partial charge in [0.15, 0.2) is 0 Å². The molecule has 0 aromatic carbocycles. The second-order valence-corrected chi connectivity index (χ2v) is 9.64. The average molecular weight is 529 g/mol. The molecule has 9 N–H and O–H groups in total. The van der Waals surface area contributed by atoms with Crippen molar-refractivity contribution in [3.05, 3.63) is 0 Å². The van der Waals surface area contributed by atoms with E-state index in [0.29, 0.717) is 12.8 Å². The van der Waals surface area contributed by atoms with Gasteiger partial charge in [0, 0.05) is 6.54 Å². The zero-order valence-corrected chi connectivity index (χ0v) is 21.7. The van der Waals surface area contributed by atoms with Crippen molar-refractivity contribution in [3.8, 4) is 0 Å². The SMILES string of the molecule is CC[C@H](C)[C@H](N)C(=O)N[C@H](C(=O)N1CCC[C@H]1C(=O)N[C@@H](CC(N)=O)C(=O)N[C@@H](CO)C(=O)O)C(C)C. The minimum Gasteiger partial charge on any atom is -0.480 e. The summed E-state index contributed by atoms with van der Waals surface area (Å²) in [7, 11) is 0. The van der Waals surface area contributed by atoms with Gasteiger partial charge in [-0.1, -0.05) is 34.1 Å². The van der Waals surface area contributed by atoms with Crippen LogP contribution in [-0.2, 0) is 28.8 Å². The zero-order valence-electron chi connectivity index (χ0n) is 21.7. The second-order valence-electron chi connectivity index (χ2n) is 9.64. The highest BCUT2D eigenvalue weighted by molar-refractivity contribution is 5.97. The minimum atomic E-state index is -1.65. The van der Waals surface area contributed by atoms with Gasteiger partial charge in [0.25, 0.3) is 0 Å². The Morgan fingerprint density at radius 1 is 1.00 bits per heavy atom. The number of aliphatic hydroxyl groups excluding tert-OH is 1. The molecule has 6 atom stereocenters. The van der Waals surface area contributed by atoms with Gasteiger partial charge in [-0.25, -0.2) is 4.79 Å². The van der Waals surface area contributed by atoms with E-state index >= 15 is 0 Å². The number of amides is 5. The standard InChI is InChI=1S/C23H40N6O8/c1-5-12(4)17(25)21(34)28-18(11(2)3)22(35)29-8-6-7-15(29)20(33)26-13(9-16(24)31)19(32)27-14(10-30)23(36)37/h11-15,17-18,30H,5-10,25H2,1-4H3,(H2,24,31)(H,26,33)(H,27,32)(H,28,34)(H,36,37)/t12-,13-,14-,15-,17-,18-/m0/s1. The number of hydrogen-bond acceptors (Lipinski definition) is 8. The lowest BCUT2D eigenvalue weighted by molar-refractivity contribution is -0.144. The fourth-order valence-corrected chi connectivity index (χ4v) is 3.89. The molecule has 0 aromatic rings. The van der Waals surface area contributed by atoms with E-state index < -0.39 is 78.7 Å². The van der Waals surface area contributed by atoms with Crippen LogP contribution in [0.3, 0.4) is 0 Å². The van der Waals surface area contributed by atoms with Crippen LogP contribution in [-0.4, -0.2) is 94.0 Å². The summed E-state index contributed by atoms with van der Waals surface area (Å²) in [6.07, 6.45) is 0.790. The molecule has 1 saturated heterocycles. The number of carbonyl (C=O) groups is 6. The lowest BCUT2D eigenvalue weighted by Gasteiger charge is -2.32. The van der Waals surface area contributed by atoms with Crippen LogP contribution in [0.2, 0.25) is 0 Å². The van der Waals surface area contributed by atoms with Crippen molar-refractivity contribution in [1.82, 2.24) is 20.9 Å². The molecular formula is C23H40N6O8. The maximum atomic E-state index is 13.4. The molecule has 1 fully saturated rings. The van der Waals surface area contributed by atoms with Gasteiger partial charge in [0.2, 0.25) is 29.5 Å². The number of rotatable bonds is 14. The van der Waals surface area contributed by atoms with Gasteiger partial charge < -0.3 is 42.5 Å². The molecule has 37 heavy (non-hydrogen) atoms. The average Bonchev–Trinajstić information content (AvgIpc) is 3.33. The van der Waals surface area contributed by atoms with Crippen LogP contribution < -0.4 is 27.4 Å². The third-order valence-corrected chi connectivity index (χ3v) is 6.46. The maximum absolute atomic E-state index is 13.4. The van der Waals surface area contributed by atoms with Crippen LogP contribution in [0.25, 0.3) is 0 Å². The summed E-state index contributed by atoms with van der Waals surface area (Å²) in [4.78, 5) is 75.6. The number of nitrogens with one attached hydrogen (secondary N) is 3. The predicted octanol–water partition coefficient (Wildman–Crippen LogP) is -2.59. The Kier molecular flexibility index (Phi) is 12.4. The van der Waals surface area contributed by atoms with Crippen molar-refractivity contribution in [2.24, 2.45) is 23.3 Å². The maximum Gasteiger partial charge on any atom is 0.328 e. The molecule has 1 aliphatic rings. The van der Waals surface area contributed by atoms with Crippen LogP contribution in [0, 0.1) is 11.8 Å². The first kappa shape index (κ1) is 31.8. The molecule has 210 valence electrons. The van der Waals surface area contributed by atoms with Crippen LogP contribution in [0.5, 0.6) is 0 Å². The molecule has 0 aromatic heterocycles. The van der Waals surface area contributed by atoms with Gasteiger partial charge in [0.05, 0.1) is 19.1 Å². The Hall–Kier alpha value is -3.26. The van der Waals surface area contributed by atoms with Crippen molar-refractivity contribution in [3.63, 3.8) is 0 Å². The van der Waals surface area contributed by atoms with Gasteiger partial charge in [0.1, 0.15) is 24.2 Å². The fourth-order valence-electron chi connectivity index (χ4n) is 3.89. The molecule has 0 spiro atoms. The molecule has 0 radical (unpaired) electrons. The summed E-state index contributed by atoms with van der Waals surface area (Å²) >= 11 is 0. The number of aliphatic hydroxyl groups is 1. The summed E-state index contributed by atoms with van der Waals surface area (Å²) in [5.74, 6) is -5.60. The molecular weight excluding hydrogens is 488 g/mol. The number of primary amides is 1. The molecule has 14 nitrogen and oxygen atoms in total. The number of hydrogen-bond donors (Lipinski definition) is 7. The van der Waals surface area contributed by atoms with E-state index in [1.165, 1.54) is 4.90 Å². The van der Waals surface area contributed by atoms with Gasteiger partial charge in [-0.2, -0.15) is 0 Å². The number of aliphatic carboxylic acids is 1. The van der Waals surface area contributed by atoms with E-state index in [1.807, 2.05) is 19.2 Å². The first-order valence-electron chi connectivity index (χ1n) is 12.3. The minimum absolute atomic E-state index is 0.104. The second kappa shape index (κ2) is 14.5. The first-order valence-corrected chi connectivity index (χ1v) is 12.3. The fraction of sp³-hybridized carbons (Fsp3) is 0.739. The molecule has 14 heteroatoms. The van der Waals surface area contributed by atoms with Crippen LogP contribution in [0.4, 0.5) is 0 Å². The summed E-state index contributed by atoms with van der Waals surface area (Å²) in [5.41, 5.74) is 11.2. The van der Waals surface area contributed by atoms with Crippen molar-refractivity contribution >= 4 is 35.5 Å².